The van der Waals surface area contributed by atoms with Crippen molar-refractivity contribution in [3.05, 3.63) is 42.5 Å². The SMILES string of the molecule is CC(Nc1ccc2c(c1)NC(=O)CO2)c1cnccn1. The van der Waals surface area contributed by atoms with Gasteiger partial charge >= 0.3 is 0 Å². The first-order chi connectivity index (χ1) is 9.72. The minimum absolute atomic E-state index is 0.0157. The van der Waals surface area contributed by atoms with Crippen LogP contribution in [0.15, 0.2) is 36.8 Å². The van der Waals surface area contributed by atoms with Crippen molar-refractivity contribution in [2.24, 2.45) is 0 Å². The third kappa shape index (κ3) is 2.54. The maximum Gasteiger partial charge on any atom is 0.262 e. The molecular weight excluding hydrogens is 256 g/mol. The predicted octanol–water partition coefficient (Wildman–Crippen LogP) is 1.98. The van der Waals surface area contributed by atoms with Crippen LogP contribution in [0.1, 0.15) is 18.7 Å². The predicted molar refractivity (Wildman–Crippen MR) is 74.6 cm³/mol. The van der Waals surface area contributed by atoms with Crippen LogP contribution < -0.4 is 15.4 Å². The molecular formula is C14H14N4O2. The average Bonchev–Trinajstić information content (AvgIpc) is 2.47. The Labute approximate surface area is 116 Å². The van der Waals surface area contributed by atoms with Gasteiger partial charge in [-0.15, -0.1) is 0 Å². The quantitative estimate of drug-likeness (QED) is 0.892. The molecule has 6 nitrogen and oxygen atoms in total. The van der Waals surface area contributed by atoms with E-state index in [0.717, 1.165) is 11.4 Å². The molecule has 1 aromatic heterocycles. The van der Waals surface area contributed by atoms with E-state index in [9.17, 15) is 4.79 Å². The van der Waals surface area contributed by atoms with Crippen molar-refractivity contribution in [2.75, 3.05) is 17.2 Å². The Hall–Kier alpha value is -2.63. The van der Waals surface area contributed by atoms with E-state index in [4.69, 9.17) is 4.74 Å². The van der Waals surface area contributed by atoms with Crippen molar-refractivity contribution in [1.82, 2.24) is 9.97 Å². The van der Waals surface area contributed by atoms with Crippen molar-refractivity contribution >= 4 is 17.3 Å². The van der Waals surface area contributed by atoms with Crippen LogP contribution in [0.25, 0.3) is 0 Å². The highest BCUT2D eigenvalue weighted by Gasteiger charge is 2.16. The van der Waals surface area contributed by atoms with Gasteiger partial charge in [-0.3, -0.25) is 14.8 Å². The first-order valence-corrected chi connectivity index (χ1v) is 6.31. The van der Waals surface area contributed by atoms with Crippen molar-refractivity contribution in [2.45, 2.75) is 13.0 Å². The van der Waals surface area contributed by atoms with Crippen LogP contribution in [-0.2, 0) is 4.79 Å². The Morgan fingerprint density at radius 2 is 2.30 bits per heavy atom. The number of fused-ring (bicyclic) bond motifs is 1. The van der Waals surface area contributed by atoms with Crippen LogP contribution in [-0.4, -0.2) is 22.5 Å². The first-order valence-electron chi connectivity index (χ1n) is 6.31. The molecule has 0 saturated heterocycles. The van der Waals surface area contributed by atoms with E-state index >= 15 is 0 Å². The molecule has 102 valence electrons. The van der Waals surface area contributed by atoms with E-state index in [-0.39, 0.29) is 18.6 Å². The number of carbonyl (C=O) groups excluding carboxylic acids is 1. The Kier molecular flexibility index (Phi) is 3.20. The molecule has 0 aliphatic carbocycles. The number of aromatic nitrogens is 2. The monoisotopic (exact) mass is 270 g/mol. The highest BCUT2D eigenvalue weighted by Crippen LogP contribution is 2.31. The minimum atomic E-state index is -0.142. The normalized spacial score (nSPS) is 14.8. The van der Waals surface area contributed by atoms with Crippen LogP contribution in [0.4, 0.5) is 11.4 Å². The van der Waals surface area contributed by atoms with Crippen molar-refractivity contribution in [3.63, 3.8) is 0 Å². The van der Waals surface area contributed by atoms with E-state index in [0.29, 0.717) is 11.4 Å². The zero-order valence-electron chi connectivity index (χ0n) is 11.0. The van der Waals surface area contributed by atoms with E-state index in [2.05, 4.69) is 20.6 Å². The summed E-state index contributed by atoms with van der Waals surface area (Å²) in [6.45, 7) is 2.06. The molecule has 2 N–H and O–H groups in total. The number of hydrogen-bond acceptors (Lipinski definition) is 5. The van der Waals surface area contributed by atoms with Crippen LogP contribution in [0.5, 0.6) is 5.75 Å². The number of nitrogens with one attached hydrogen (secondary N) is 2. The van der Waals surface area contributed by atoms with E-state index in [1.54, 1.807) is 18.6 Å². The zero-order valence-corrected chi connectivity index (χ0v) is 11.0. The Balaban J connectivity index is 1.78. The van der Waals surface area contributed by atoms with Gasteiger partial charge in [0.1, 0.15) is 5.75 Å². The smallest absolute Gasteiger partial charge is 0.262 e. The lowest BCUT2D eigenvalue weighted by atomic mass is 10.2. The molecule has 1 atom stereocenters. The average molecular weight is 270 g/mol. The second-order valence-corrected chi connectivity index (χ2v) is 4.54. The van der Waals surface area contributed by atoms with Gasteiger partial charge in [-0.1, -0.05) is 0 Å². The zero-order chi connectivity index (χ0) is 13.9. The fourth-order valence-corrected chi connectivity index (χ4v) is 2.03. The highest BCUT2D eigenvalue weighted by molar-refractivity contribution is 5.96. The van der Waals surface area contributed by atoms with Gasteiger partial charge in [-0.25, -0.2) is 0 Å². The number of anilines is 2. The summed E-state index contributed by atoms with van der Waals surface area (Å²) < 4.78 is 5.32. The van der Waals surface area contributed by atoms with Crippen molar-refractivity contribution < 1.29 is 9.53 Å². The van der Waals surface area contributed by atoms with Crippen molar-refractivity contribution in [1.29, 1.82) is 0 Å². The van der Waals surface area contributed by atoms with Gasteiger partial charge in [0.05, 0.1) is 23.6 Å². The molecule has 0 radical (unpaired) electrons. The summed E-state index contributed by atoms with van der Waals surface area (Å²) in [7, 11) is 0. The van der Waals surface area contributed by atoms with Crippen LogP contribution in [0.3, 0.4) is 0 Å². The summed E-state index contributed by atoms with van der Waals surface area (Å²) >= 11 is 0. The molecule has 0 bridgehead atoms. The minimum Gasteiger partial charge on any atom is -0.482 e. The van der Waals surface area contributed by atoms with Gasteiger partial charge in [0.15, 0.2) is 6.61 Å². The van der Waals surface area contributed by atoms with Gasteiger partial charge < -0.3 is 15.4 Å². The molecule has 1 aliphatic rings. The summed E-state index contributed by atoms with van der Waals surface area (Å²) in [6, 6.07) is 5.60. The van der Waals surface area contributed by atoms with E-state index < -0.39 is 0 Å². The van der Waals surface area contributed by atoms with Crippen LogP contribution in [0.2, 0.25) is 0 Å². The summed E-state index contributed by atoms with van der Waals surface area (Å²) in [5.41, 5.74) is 2.41. The number of rotatable bonds is 3. The number of ether oxygens (including phenoxy) is 1. The molecule has 2 aromatic rings. The highest BCUT2D eigenvalue weighted by atomic mass is 16.5. The lowest BCUT2D eigenvalue weighted by molar-refractivity contribution is -0.118. The van der Waals surface area contributed by atoms with Gasteiger partial charge in [0, 0.05) is 18.1 Å². The standard InChI is InChI=1S/C14H14N4O2/c1-9(12-7-15-4-5-16-12)17-10-2-3-13-11(6-10)18-14(19)8-20-13/h2-7,9,17H,8H2,1H3,(H,18,19). The molecule has 3 rings (SSSR count). The number of benzene rings is 1. The molecule has 1 aliphatic heterocycles. The molecule has 20 heavy (non-hydrogen) atoms. The maximum absolute atomic E-state index is 11.3. The molecule has 6 heteroatoms. The fourth-order valence-electron chi connectivity index (χ4n) is 2.03. The molecule has 1 unspecified atom stereocenters. The van der Waals surface area contributed by atoms with Gasteiger partial charge in [-0.2, -0.15) is 0 Å². The summed E-state index contributed by atoms with van der Waals surface area (Å²) in [5, 5.41) is 6.10. The summed E-state index contributed by atoms with van der Waals surface area (Å²) in [5.74, 6) is 0.541. The van der Waals surface area contributed by atoms with E-state index in [1.165, 1.54) is 0 Å². The van der Waals surface area contributed by atoms with Gasteiger partial charge in [0.2, 0.25) is 0 Å². The second kappa shape index (κ2) is 5.16. The number of nitrogens with zero attached hydrogens (tertiary/aromatic N) is 2. The molecule has 1 amide bonds. The maximum atomic E-state index is 11.3. The summed E-state index contributed by atoms with van der Waals surface area (Å²) in [6.07, 6.45) is 5.03. The summed E-state index contributed by atoms with van der Waals surface area (Å²) in [4.78, 5) is 19.6. The van der Waals surface area contributed by atoms with Gasteiger partial charge in [-0.05, 0) is 25.1 Å². The molecule has 0 spiro atoms. The second-order valence-electron chi connectivity index (χ2n) is 4.54. The Morgan fingerprint density at radius 3 is 3.10 bits per heavy atom. The molecule has 2 heterocycles. The number of amides is 1. The number of hydrogen-bond donors (Lipinski definition) is 2. The largest absolute Gasteiger partial charge is 0.482 e. The van der Waals surface area contributed by atoms with Crippen LogP contribution >= 0.6 is 0 Å². The lowest BCUT2D eigenvalue weighted by Gasteiger charge is -2.20. The van der Waals surface area contributed by atoms with E-state index in [1.807, 2.05) is 25.1 Å². The third-order valence-electron chi connectivity index (χ3n) is 3.02. The van der Waals surface area contributed by atoms with Crippen molar-refractivity contribution in [3.8, 4) is 5.75 Å². The molecule has 0 fully saturated rings. The first kappa shape index (κ1) is 12.4. The third-order valence-corrected chi connectivity index (χ3v) is 3.02. The number of carbonyl (C=O) groups is 1. The lowest BCUT2D eigenvalue weighted by Crippen LogP contribution is -2.25. The molecule has 0 saturated carbocycles. The topological polar surface area (TPSA) is 76.1 Å². The molecule has 1 aromatic carbocycles. The fraction of sp³-hybridized carbons (Fsp3) is 0.214. The Morgan fingerprint density at radius 1 is 1.40 bits per heavy atom. The Bertz CT molecular complexity index is 630. The van der Waals surface area contributed by atoms with Crippen LogP contribution in [0, 0.1) is 0 Å². The van der Waals surface area contributed by atoms with Gasteiger partial charge in [0.25, 0.3) is 5.91 Å².